The molecule has 4 nitrogen and oxygen atoms in total. The van der Waals surface area contributed by atoms with Crippen LogP contribution in [-0.2, 0) is 0 Å². The van der Waals surface area contributed by atoms with E-state index in [1.54, 1.807) is 24.3 Å². The SMILES string of the molecule is CCC(N)(CC)CNC(=O)c1ccc(-c2ccccc2F)o1. The summed E-state index contributed by atoms with van der Waals surface area (Å²) >= 11 is 0. The van der Waals surface area contributed by atoms with Crippen molar-refractivity contribution in [3.8, 4) is 11.3 Å². The fourth-order valence-corrected chi connectivity index (χ4v) is 2.11. The van der Waals surface area contributed by atoms with Crippen LogP contribution in [0.5, 0.6) is 0 Å². The first-order chi connectivity index (χ1) is 10.5. The molecule has 0 unspecified atom stereocenters. The molecule has 0 spiro atoms. The van der Waals surface area contributed by atoms with E-state index in [-0.39, 0.29) is 17.5 Å². The number of carbonyl (C=O) groups excluding carboxylic acids is 1. The molecule has 118 valence electrons. The van der Waals surface area contributed by atoms with Crippen LogP contribution in [0.4, 0.5) is 4.39 Å². The lowest BCUT2D eigenvalue weighted by Gasteiger charge is -2.26. The van der Waals surface area contributed by atoms with Gasteiger partial charge in [-0.1, -0.05) is 26.0 Å². The Balaban J connectivity index is 2.08. The minimum atomic E-state index is -0.420. The minimum Gasteiger partial charge on any atom is -0.451 e. The molecular formula is C17H21FN2O2. The average molecular weight is 304 g/mol. The molecule has 1 heterocycles. The first-order valence-corrected chi connectivity index (χ1v) is 7.41. The fraction of sp³-hybridized carbons (Fsp3) is 0.353. The zero-order valence-electron chi connectivity index (χ0n) is 12.9. The highest BCUT2D eigenvalue weighted by Crippen LogP contribution is 2.24. The third kappa shape index (κ3) is 3.54. The van der Waals surface area contributed by atoms with E-state index in [0.29, 0.717) is 17.9 Å². The van der Waals surface area contributed by atoms with Crippen LogP contribution < -0.4 is 11.1 Å². The smallest absolute Gasteiger partial charge is 0.287 e. The van der Waals surface area contributed by atoms with Crippen LogP contribution >= 0.6 is 0 Å². The van der Waals surface area contributed by atoms with Gasteiger partial charge < -0.3 is 15.5 Å². The van der Waals surface area contributed by atoms with Gasteiger partial charge in [-0.25, -0.2) is 4.39 Å². The number of amides is 1. The van der Waals surface area contributed by atoms with Crippen LogP contribution in [0.25, 0.3) is 11.3 Å². The molecule has 2 rings (SSSR count). The van der Waals surface area contributed by atoms with Crippen LogP contribution in [0.1, 0.15) is 37.2 Å². The van der Waals surface area contributed by atoms with E-state index < -0.39 is 5.54 Å². The lowest BCUT2D eigenvalue weighted by Crippen LogP contribution is -2.49. The van der Waals surface area contributed by atoms with Crippen molar-refractivity contribution in [1.29, 1.82) is 0 Å². The molecule has 1 amide bonds. The second-order valence-electron chi connectivity index (χ2n) is 5.40. The van der Waals surface area contributed by atoms with Gasteiger partial charge in [-0.05, 0) is 37.1 Å². The largest absolute Gasteiger partial charge is 0.451 e. The molecule has 0 aliphatic carbocycles. The number of nitrogens with one attached hydrogen (secondary N) is 1. The number of hydrogen-bond acceptors (Lipinski definition) is 3. The predicted molar refractivity (Wildman–Crippen MR) is 83.9 cm³/mol. The van der Waals surface area contributed by atoms with Gasteiger partial charge in [0.05, 0.1) is 5.56 Å². The van der Waals surface area contributed by atoms with Crippen molar-refractivity contribution in [1.82, 2.24) is 5.32 Å². The third-order valence-corrected chi connectivity index (χ3v) is 3.98. The molecule has 0 aliphatic rings. The van der Waals surface area contributed by atoms with Crippen molar-refractivity contribution in [3.05, 3.63) is 48.0 Å². The Bertz CT molecular complexity index is 648. The Hall–Kier alpha value is -2.14. The van der Waals surface area contributed by atoms with E-state index in [1.165, 1.54) is 12.1 Å². The highest BCUT2D eigenvalue weighted by molar-refractivity contribution is 5.92. The molecule has 0 saturated carbocycles. The molecule has 22 heavy (non-hydrogen) atoms. The summed E-state index contributed by atoms with van der Waals surface area (Å²) in [4.78, 5) is 12.1. The Morgan fingerprint density at radius 1 is 1.23 bits per heavy atom. The quantitative estimate of drug-likeness (QED) is 0.860. The predicted octanol–water partition coefficient (Wildman–Crippen LogP) is 3.33. The number of furan rings is 1. The Kier molecular flexibility index (Phi) is 4.98. The number of hydrogen-bond donors (Lipinski definition) is 2. The molecule has 1 aromatic heterocycles. The first-order valence-electron chi connectivity index (χ1n) is 7.41. The number of rotatable bonds is 6. The Morgan fingerprint density at radius 2 is 1.91 bits per heavy atom. The first kappa shape index (κ1) is 16.2. The van der Waals surface area contributed by atoms with Crippen LogP contribution in [0, 0.1) is 5.82 Å². The number of carbonyl (C=O) groups is 1. The monoisotopic (exact) mass is 304 g/mol. The molecular weight excluding hydrogens is 283 g/mol. The summed E-state index contributed by atoms with van der Waals surface area (Å²) in [5.74, 6) is -0.262. The lowest BCUT2D eigenvalue weighted by atomic mass is 9.94. The molecule has 3 N–H and O–H groups in total. The van der Waals surface area contributed by atoms with Crippen molar-refractivity contribution in [2.75, 3.05) is 6.54 Å². The highest BCUT2D eigenvalue weighted by atomic mass is 19.1. The standard InChI is InChI=1S/C17H21FN2O2/c1-3-17(19,4-2)11-20-16(21)15-10-9-14(22-15)12-7-5-6-8-13(12)18/h5-10H,3-4,11,19H2,1-2H3,(H,20,21). The summed E-state index contributed by atoms with van der Waals surface area (Å²) in [6.07, 6.45) is 1.53. The van der Waals surface area contributed by atoms with Crippen LogP contribution in [0.3, 0.4) is 0 Å². The maximum atomic E-state index is 13.7. The number of nitrogens with two attached hydrogens (primary N) is 1. The van der Waals surface area contributed by atoms with Crippen molar-refractivity contribution in [2.24, 2.45) is 5.73 Å². The summed E-state index contributed by atoms with van der Waals surface area (Å²) in [7, 11) is 0. The van der Waals surface area contributed by atoms with Crippen LogP contribution in [0.15, 0.2) is 40.8 Å². The normalized spacial score (nSPS) is 11.5. The van der Waals surface area contributed by atoms with Gasteiger partial charge in [-0.15, -0.1) is 0 Å². The van der Waals surface area contributed by atoms with Gasteiger partial charge in [0.25, 0.3) is 5.91 Å². The maximum absolute atomic E-state index is 13.7. The van der Waals surface area contributed by atoms with Crippen molar-refractivity contribution >= 4 is 5.91 Å². The molecule has 5 heteroatoms. The van der Waals surface area contributed by atoms with E-state index in [2.05, 4.69) is 5.32 Å². The Morgan fingerprint density at radius 3 is 2.55 bits per heavy atom. The van der Waals surface area contributed by atoms with Gasteiger partial charge in [0.2, 0.25) is 0 Å². The molecule has 1 aromatic carbocycles. The van der Waals surface area contributed by atoms with E-state index in [9.17, 15) is 9.18 Å². The van der Waals surface area contributed by atoms with Gasteiger partial charge in [0.15, 0.2) is 5.76 Å². The summed E-state index contributed by atoms with van der Waals surface area (Å²) in [6.45, 7) is 4.34. The summed E-state index contributed by atoms with van der Waals surface area (Å²) in [5.41, 5.74) is 6.05. The van der Waals surface area contributed by atoms with E-state index in [0.717, 1.165) is 12.8 Å². The minimum absolute atomic E-state index is 0.146. The second kappa shape index (κ2) is 6.75. The number of halogens is 1. The molecule has 0 bridgehead atoms. The van der Waals surface area contributed by atoms with Gasteiger partial charge in [-0.2, -0.15) is 0 Å². The molecule has 0 radical (unpaired) electrons. The topological polar surface area (TPSA) is 68.3 Å². The van der Waals surface area contributed by atoms with Gasteiger partial charge in [0.1, 0.15) is 11.6 Å². The molecule has 2 aromatic rings. The molecule has 0 atom stereocenters. The van der Waals surface area contributed by atoms with Crippen molar-refractivity contribution < 1.29 is 13.6 Å². The maximum Gasteiger partial charge on any atom is 0.287 e. The van der Waals surface area contributed by atoms with Crippen LogP contribution in [0.2, 0.25) is 0 Å². The van der Waals surface area contributed by atoms with Crippen molar-refractivity contribution in [3.63, 3.8) is 0 Å². The molecule has 0 saturated heterocycles. The molecule has 0 aliphatic heterocycles. The highest BCUT2D eigenvalue weighted by Gasteiger charge is 2.22. The van der Waals surface area contributed by atoms with E-state index in [4.69, 9.17) is 10.2 Å². The summed E-state index contributed by atoms with van der Waals surface area (Å²) < 4.78 is 19.2. The van der Waals surface area contributed by atoms with Crippen molar-refractivity contribution in [2.45, 2.75) is 32.2 Å². The average Bonchev–Trinajstić information content (AvgIpc) is 3.02. The number of benzene rings is 1. The summed E-state index contributed by atoms with van der Waals surface area (Å²) in [6, 6.07) is 9.39. The second-order valence-corrected chi connectivity index (χ2v) is 5.40. The zero-order valence-corrected chi connectivity index (χ0v) is 12.9. The fourth-order valence-electron chi connectivity index (χ4n) is 2.11. The van der Waals surface area contributed by atoms with Gasteiger partial charge in [0, 0.05) is 12.1 Å². The van der Waals surface area contributed by atoms with Gasteiger partial charge in [-0.3, -0.25) is 4.79 Å². The van der Waals surface area contributed by atoms with Gasteiger partial charge >= 0.3 is 0 Å². The van der Waals surface area contributed by atoms with E-state index in [1.807, 2.05) is 13.8 Å². The zero-order chi connectivity index (χ0) is 16.2. The third-order valence-electron chi connectivity index (χ3n) is 3.98. The van der Waals surface area contributed by atoms with Crippen LogP contribution in [-0.4, -0.2) is 18.0 Å². The Labute approximate surface area is 129 Å². The summed E-state index contributed by atoms with van der Waals surface area (Å²) in [5, 5.41) is 2.77. The molecule has 0 fully saturated rings. The lowest BCUT2D eigenvalue weighted by molar-refractivity contribution is 0.0915. The van der Waals surface area contributed by atoms with E-state index >= 15 is 0 Å².